The van der Waals surface area contributed by atoms with Crippen LogP contribution in [0.15, 0.2) is 65.6 Å². The molecule has 1 aliphatic rings. The first-order valence-electron chi connectivity index (χ1n) is 10.9. The fourth-order valence-corrected chi connectivity index (χ4v) is 6.06. The zero-order chi connectivity index (χ0) is 25.5. The Balaban J connectivity index is 1.80. The maximum Gasteiger partial charge on any atom is 0.270 e. The molecule has 3 aromatic carbocycles. The molecule has 2 unspecified atom stereocenters. The van der Waals surface area contributed by atoms with Crippen LogP contribution in [0.4, 0.5) is 18.9 Å². The summed E-state index contributed by atoms with van der Waals surface area (Å²) in [4.78, 5) is -0.303. The predicted octanol–water partition coefficient (Wildman–Crippen LogP) is 6.26. The lowest BCUT2D eigenvalue weighted by atomic mass is 9.95. The van der Waals surface area contributed by atoms with E-state index in [-0.39, 0.29) is 21.9 Å². The van der Waals surface area contributed by atoms with Gasteiger partial charge in [0.15, 0.2) is 0 Å². The van der Waals surface area contributed by atoms with E-state index in [9.17, 15) is 26.7 Å². The molecule has 1 heterocycles. The maximum absolute atomic E-state index is 14.1. The van der Waals surface area contributed by atoms with E-state index in [0.29, 0.717) is 23.7 Å². The minimum atomic E-state index is -4.30. The van der Waals surface area contributed by atoms with Crippen LogP contribution in [0.2, 0.25) is 5.02 Å². The first-order valence-corrected chi connectivity index (χ1v) is 12.7. The number of nitrogens with zero attached hydrogens (tertiary/aromatic N) is 1. The Morgan fingerprint density at radius 1 is 1.09 bits per heavy atom. The van der Waals surface area contributed by atoms with Gasteiger partial charge >= 0.3 is 0 Å². The van der Waals surface area contributed by atoms with Crippen LogP contribution in [-0.4, -0.2) is 25.7 Å². The fourth-order valence-electron chi connectivity index (χ4n) is 4.07. The summed E-state index contributed by atoms with van der Waals surface area (Å²) in [6.07, 6.45) is 2.32. The molecule has 35 heavy (non-hydrogen) atoms. The van der Waals surface area contributed by atoms with Gasteiger partial charge in [-0.2, -0.15) is 0 Å². The number of hydrogen-bond acceptors (Lipinski definition) is 3. The number of sulfonamides is 1. The van der Waals surface area contributed by atoms with Crippen molar-refractivity contribution in [2.45, 2.75) is 43.2 Å². The minimum absolute atomic E-state index is 0.192. The van der Waals surface area contributed by atoms with Crippen molar-refractivity contribution in [1.82, 2.24) is 0 Å². The summed E-state index contributed by atoms with van der Waals surface area (Å²) in [5.41, 5.74) is 1.23. The number of hydrogen-bond donors (Lipinski definition) is 1. The van der Waals surface area contributed by atoms with E-state index >= 15 is 0 Å². The molecule has 184 valence electrons. The molecule has 1 aliphatic heterocycles. The largest absolute Gasteiger partial charge is 0.391 e. The normalized spacial score (nSPS) is 18.7. The van der Waals surface area contributed by atoms with Gasteiger partial charge in [-0.15, -0.1) is 0 Å². The van der Waals surface area contributed by atoms with Gasteiger partial charge in [0.1, 0.15) is 5.82 Å². The van der Waals surface area contributed by atoms with Crippen molar-refractivity contribution in [2.24, 2.45) is 0 Å². The molecule has 0 aromatic heterocycles. The molecular weight excluding hydrogens is 499 g/mol. The van der Waals surface area contributed by atoms with Crippen molar-refractivity contribution in [1.29, 1.82) is 0 Å². The molecule has 3 aromatic rings. The molecule has 0 amide bonds. The fraction of sp³-hybridized carbons (Fsp3) is 0.231. The molecule has 0 saturated heterocycles. The van der Waals surface area contributed by atoms with E-state index in [1.54, 1.807) is 37.3 Å². The second kappa shape index (κ2) is 9.33. The van der Waals surface area contributed by atoms with Gasteiger partial charge in [-0.1, -0.05) is 48.0 Å². The molecule has 2 atom stereocenters. The topological polar surface area (TPSA) is 57.6 Å². The van der Waals surface area contributed by atoms with E-state index in [1.165, 1.54) is 30.3 Å². The van der Waals surface area contributed by atoms with Gasteiger partial charge in [0.05, 0.1) is 27.8 Å². The van der Waals surface area contributed by atoms with Crippen LogP contribution in [0.25, 0.3) is 12.2 Å². The molecule has 0 bridgehead atoms. The monoisotopic (exact) mass is 521 g/mol. The van der Waals surface area contributed by atoms with Crippen molar-refractivity contribution in [2.75, 3.05) is 4.31 Å². The predicted molar refractivity (Wildman–Crippen MR) is 132 cm³/mol. The third-order valence-electron chi connectivity index (χ3n) is 6.04. The van der Waals surface area contributed by atoms with Gasteiger partial charge in [0.25, 0.3) is 15.9 Å². The lowest BCUT2D eigenvalue weighted by Gasteiger charge is -2.39. The summed E-state index contributed by atoms with van der Waals surface area (Å²) in [6, 6.07) is 13.1. The van der Waals surface area contributed by atoms with Gasteiger partial charge in [-0.3, -0.25) is 4.31 Å². The average Bonchev–Trinajstić information content (AvgIpc) is 2.79. The Morgan fingerprint density at radius 3 is 2.49 bits per heavy atom. The van der Waals surface area contributed by atoms with Gasteiger partial charge in [0.2, 0.25) is 0 Å². The highest BCUT2D eigenvalue weighted by atomic mass is 35.5. The van der Waals surface area contributed by atoms with E-state index in [2.05, 4.69) is 0 Å². The van der Waals surface area contributed by atoms with E-state index < -0.39 is 39.5 Å². The molecule has 4 nitrogen and oxygen atoms in total. The second-order valence-electron chi connectivity index (χ2n) is 8.59. The van der Waals surface area contributed by atoms with Gasteiger partial charge < -0.3 is 5.11 Å². The molecule has 0 spiro atoms. The molecule has 1 N–H and O–H groups in total. The number of rotatable bonds is 5. The van der Waals surface area contributed by atoms with Crippen molar-refractivity contribution >= 4 is 39.5 Å². The SMILES string of the molecule is CC1C(O)Cc2ccc(C=Cc3c(F)cccc3Cl)cc2N1S(=O)(=O)c1cccc(C(C)(F)F)c1. The Morgan fingerprint density at radius 2 is 1.80 bits per heavy atom. The highest BCUT2D eigenvalue weighted by Crippen LogP contribution is 2.38. The van der Waals surface area contributed by atoms with Crippen LogP contribution < -0.4 is 4.31 Å². The first kappa shape index (κ1) is 25.3. The van der Waals surface area contributed by atoms with E-state index in [1.807, 2.05) is 0 Å². The van der Waals surface area contributed by atoms with Crippen LogP contribution in [0, 0.1) is 5.82 Å². The molecule has 0 radical (unpaired) electrons. The summed E-state index contributed by atoms with van der Waals surface area (Å²) < 4.78 is 70.3. The van der Waals surface area contributed by atoms with Crippen LogP contribution in [0.3, 0.4) is 0 Å². The molecule has 0 fully saturated rings. The smallest absolute Gasteiger partial charge is 0.270 e. The Bertz CT molecular complexity index is 1380. The summed E-state index contributed by atoms with van der Waals surface area (Å²) in [6.45, 7) is 2.26. The third kappa shape index (κ3) is 4.96. The summed E-state index contributed by atoms with van der Waals surface area (Å²) in [7, 11) is -4.30. The van der Waals surface area contributed by atoms with Crippen LogP contribution in [0.1, 0.15) is 36.1 Å². The highest BCUT2D eigenvalue weighted by Gasteiger charge is 2.39. The van der Waals surface area contributed by atoms with Crippen LogP contribution in [0.5, 0.6) is 0 Å². The van der Waals surface area contributed by atoms with Crippen molar-refractivity contribution in [3.05, 3.63) is 93.8 Å². The van der Waals surface area contributed by atoms with Crippen molar-refractivity contribution in [3.63, 3.8) is 0 Å². The van der Waals surface area contributed by atoms with E-state index in [0.717, 1.165) is 16.4 Å². The first-order chi connectivity index (χ1) is 16.4. The highest BCUT2D eigenvalue weighted by molar-refractivity contribution is 7.92. The van der Waals surface area contributed by atoms with Crippen LogP contribution in [-0.2, 0) is 22.4 Å². The zero-order valence-corrected chi connectivity index (χ0v) is 20.5. The summed E-state index contributed by atoms with van der Waals surface area (Å²) >= 11 is 6.08. The lowest BCUT2D eigenvalue weighted by Crippen LogP contribution is -2.49. The molecular formula is C26H23ClF3NO3S. The van der Waals surface area contributed by atoms with Crippen molar-refractivity contribution in [3.8, 4) is 0 Å². The lowest BCUT2D eigenvalue weighted by molar-refractivity contribution is 0.0172. The third-order valence-corrected chi connectivity index (χ3v) is 8.27. The number of alkyl halides is 2. The molecule has 9 heteroatoms. The van der Waals surface area contributed by atoms with Gasteiger partial charge in [0, 0.05) is 24.5 Å². The zero-order valence-electron chi connectivity index (χ0n) is 18.9. The summed E-state index contributed by atoms with van der Waals surface area (Å²) in [5.74, 6) is -3.72. The number of fused-ring (bicyclic) bond motifs is 1. The van der Waals surface area contributed by atoms with Gasteiger partial charge in [-0.05, 0) is 54.5 Å². The van der Waals surface area contributed by atoms with Crippen LogP contribution >= 0.6 is 11.6 Å². The Hall–Kier alpha value is -2.81. The Kier molecular flexibility index (Phi) is 6.74. The number of anilines is 1. The molecule has 0 saturated carbocycles. The number of aliphatic hydroxyl groups is 1. The van der Waals surface area contributed by atoms with Crippen molar-refractivity contribution < 1.29 is 26.7 Å². The van der Waals surface area contributed by atoms with Gasteiger partial charge in [-0.25, -0.2) is 21.6 Å². The Labute approximate surface area is 207 Å². The van der Waals surface area contributed by atoms with E-state index in [4.69, 9.17) is 11.6 Å². The quantitative estimate of drug-likeness (QED) is 0.403. The summed E-state index contributed by atoms with van der Waals surface area (Å²) in [5, 5.41) is 10.8. The maximum atomic E-state index is 14.1. The second-order valence-corrected chi connectivity index (χ2v) is 10.8. The average molecular weight is 522 g/mol. The molecule has 0 aliphatic carbocycles. The number of benzene rings is 3. The number of aliphatic hydroxyl groups excluding tert-OH is 1. The standard InChI is InChI=1S/C26H23ClF3NO3S/c1-16-25(32)14-18-11-9-17(10-12-21-22(27)7-4-8-23(21)28)13-24(18)31(16)35(33,34)20-6-3-5-19(15-20)26(2,29)30/h3-13,15-16,25,32H,14H2,1-2H3. The molecule has 4 rings (SSSR count). The number of halogens is 4. The minimum Gasteiger partial charge on any atom is -0.391 e.